The van der Waals surface area contributed by atoms with E-state index in [9.17, 15) is 9.59 Å². The molecule has 0 saturated carbocycles. The van der Waals surface area contributed by atoms with Crippen molar-refractivity contribution in [2.75, 3.05) is 26.2 Å². The number of nitrogens with zero attached hydrogens (tertiary/aromatic N) is 1. The zero-order valence-corrected chi connectivity index (χ0v) is 17.1. The lowest BCUT2D eigenvalue weighted by Gasteiger charge is -2.24. The third kappa shape index (κ3) is 6.59. The lowest BCUT2D eigenvalue weighted by atomic mass is 10.2. The Kier molecular flexibility index (Phi) is 6.61. The van der Waals surface area contributed by atoms with Crippen LogP contribution in [0.25, 0.3) is 0 Å². The molecule has 9 heteroatoms. The molecule has 3 rings (SSSR count). The van der Waals surface area contributed by atoms with E-state index in [1.807, 2.05) is 51.1 Å². The van der Waals surface area contributed by atoms with Crippen molar-refractivity contribution in [2.24, 2.45) is 0 Å². The van der Waals surface area contributed by atoms with Crippen LogP contribution >= 0.6 is 0 Å². The van der Waals surface area contributed by atoms with E-state index in [0.29, 0.717) is 32.7 Å². The van der Waals surface area contributed by atoms with E-state index >= 15 is 0 Å². The van der Waals surface area contributed by atoms with Crippen molar-refractivity contribution in [1.29, 1.82) is 0 Å². The van der Waals surface area contributed by atoms with Gasteiger partial charge in [0, 0.05) is 19.5 Å². The summed E-state index contributed by atoms with van der Waals surface area (Å²) in [5, 5.41) is 4.41. The number of benzene rings is 1. The highest BCUT2D eigenvalue weighted by Gasteiger charge is 2.47. The number of carbonyl (C=O) groups is 2. The highest BCUT2D eigenvalue weighted by atomic mass is 16.7. The van der Waals surface area contributed by atoms with E-state index in [1.54, 1.807) is 5.01 Å². The maximum absolute atomic E-state index is 12.0. The highest BCUT2D eigenvalue weighted by molar-refractivity contribution is 5.67. The number of hydrogen-bond acceptors (Lipinski definition) is 7. The second-order valence-corrected chi connectivity index (χ2v) is 8.19. The van der Waals surface area contributed by atoms with Gasteiger partial charge < -0.3 is 24.3 Å². The maximum atomic E-state index is 12.0. The van der Waals surface area contributed by atoms with Gasteiger partial charge in [-0.25, -0.2) is 14.6 Å². The summed E-state index contributed by atoms with van der Waals surface area (Å²) in [4.78, 5) is 23.8. The second kappa shape index (κ2) is 8.98. The number of hydrazine groups is 1. The first-order chi connectivity index (χ1) is 13.7. The molecule has 2 amide bonds. The standard InChI is InChI=1S/C20H29N3O6/c1-19(2,3)29-17(24)21-11-16-13-27-20(28-16)9-10-23(14-20)22-18(25)26-12-15-7-5-4-6-8-15/h4-8,16H,9-14H2,1-3H3,(H,21,24)(H,22,25). The van der Waals surface area contributed by atoms with E-state index in [2.05, 4.69) is 10.7 Å². The number of carbonyl (C=O) groups excluding carboxylic acids is 2. The zero-order valence-electron chi connectivity index (χ0n) is 17.1. The fourth-order valence-corrected chi connectivity index (χ4v) is 3.18. The molecular formula is C20H29N3O6. The quantitative estimate of drug-likeness (QED) is 0.772. The SMILES string of the molecule is CC(C)(C)OC(=O)NCC1COC2(CCN(NC(=O)OCc3ccccc3)C2)O1. The molecule has 2 fully saturated rings. The maximum Gasteiger partial charge on any atom is 0.422 e. The van der Waals surface area contributed by atoms with E-state index in [4.69, 9.17) is 18.9 Å². The van der Waals surface area contributed by atoms with Gasteiger partial charge in [-0.15, -0.1) is 0 Å². The Bertz CT molecular complexity index is 708. The van der Waals surface area contributed by atoms with Gasteiger partial charge in [0.1, 0.15) is 18.3 Å². The van der Waals surface area contributed by atoms with E-state index in [-0.39, 0.29) is 12.7 Å². The van der Waals surface area contributed by atoms with Gasteiger partial charge in [-0.3, -0.25) is 5.43 Å². The minimum absolute atomic E-state index is 0.205. The molecule has 2 aliphatic rings. The zero-order chi connectivity index (χ0) is 20.9. The average Bonchev–Trinajstić information content (AvgIpc) is 3.24. The molecule has 0 bridgehead atoms. The smallest absolute Gasteiger partial charge is 0.422 e. The fraction of sp³-hybridized carbons (Fsp3) is 0.600. The molecule has 1 spiro atoms. The van der Waals surface area contributed by atoms with Gasteiger partial charge in [0.05, 0.1) is 13.2 Å². The molecule has 0 aromatic heterocycles. The average molecular weight is 407 g/mol. The topological polar surface area (TPSA) is 98.4 Å². The number of ether oxygens (including phenoxy) is 4. The summed E-state index contributed by atoms with van der Waals surface area (Å²) in [6.07, 6.45) is -0.674. The Balaban J connectivity index is 1.37. The van der Waals surface area contributed by atoms with E-state index < -0.39 is 23.6 Å². The van der Waals surface area contributed by atoms with Crippen molar-refractivity contribution < 1.29 is 28.5 Å². The molecule has 2 saturated heterocycles. The molecule has 0 radical (unpaired) electrons. The molecule has 0 aliphatic carbocycles. The predicted molar refractivity (Wildman–Crippen MR) is 104 cm³/mol. The van der Waals surface area contributed by atoms with Crippen molar-refractivity contribution in [3.63, 3.8) is 0 Å². The van der Waals surface area contributed by atoms with Gasteiger partial charge in [0.2, 0.25) is 0 Å². The summed E-state index contributed by atoms with van der Waals surface area (Å²) in [6, 6.07) is 9.48. The Morgan fingerprint density at radius 3 is 2.72 bits per heavy atom. The number of hydrogen-bond donors (Lipinski definition) is 2. The number of alkyl carbamates (subject to hydrolysis) is 1. The predicted octanol–water partition coefficient (Wildman–Crippen LogP) is 2.17. The van der Waals surface area contributed by atoms with Crippen LogP contribution < -0.4 is 10.7 Å². The van der Waals surface area contributed by atoms with Gasteiger partial charge in [-0.2, -0.15) is 0 Å². The molecule has 1 aromatic rings. The monoisotopic (exact) mass is 407 g/mol. The van der Waals surface area contributed by atoms with Gasteiger partial charge in [-0.05, 0) is 26.3 Å². The Morgan fingerprint density at radius 2 is 2.00 bits per heavy atom. The van der Waals surface area contributed by atoms with Gasteiger partial charge >= 0.3 is 12.2 Å². The van der Waals surface area contributed by atoms with Crippen LogP contribution in [-0.4, -0.2) is 60.9 Å². The molecule has 1 aromatic carbocycles. The van der Waals surface area contributed by atoms with Crippen LogP contribution in [0, 0.1) is 0 Å². The molecule has 2 unspecified atom stereocenters. The largest absolute Gasteiger partial charge is 0.444 e. The van der Waals surface area contributed by atoms with Gasteiger partial charge in [0.25, 0.3) is 0 Å². The number of nitrogens with one attached hydrogen (secondary N) is 2. The molecule has 160 valence electrons. The van der Waals surface area contributed by atoms with Crippen molar-refractivity contribution in [3.05, 3.63) is 35.9 Å². The first-order valence-electron chi connectivity index (χ1n) is 9.74. The van der Waals surface area contributed by atoms with E-state index in [1.165, 1.54) is 0 Å². The summed E-state index contributed by atoms with van der Waals surface area (Å²) in [6.45, 7) is 7.25. The van der Waals surface area contributed by atoms with Crippen LogP contribution in [0.4, 0.5) is 9.59 Å². The molecule has 2 N–H and O–H groups in total. The molecule has 9 nitrogen and oxygen atoms in total. The van der Waals surface area contributed by atoms with Gasteiger partial charge in [-0.1, -0.05) is 30.3 Å². The number of rotatable bonds is 5. The third-order valence-electron chi connectivity index (χ3n) is 4.44. The minimum atomic E-state index is -0.785. The minimum Gasteiger partial charge on any atom is -0.444 e. The van der Waals surface area contributed by atoms with E-state index in [0.717, 1.165) is 5.56 Å². The molecular weight excluding hydrogens is 378 g/mol. The second-order valence-electron chi connectivity index (χ2n) is 8.19. The fourth-order valence-electron chi connectivity index (χ4n) is 3.18. The molecule has 2 aliphatic heterocycles. The molecule has 2 heterocycles. The lowest BCUT2D eigenvalue weighted by Crippen LogP contribution is -2.44. The van der Waals surface area contributed by atoms with Crippen molar-refractivity contribution in [1.82, 2.24) is 15.8 Å². The Hall–Kier alpha value is -2.36. The molecule has 2 atom stereocenters. The number of amides is 2. The van der Waals surface area contributed by atoms with Crippen molar-refractivity contribution in [2.45, 2.75) is 51.3 Å². The summed E-state index contributed by atoms with van der Waals surface area (Å²) in [5.74, 6) is -0.785. The van der Waals surface area contributed by atoms with Crippen molar-refractivity contribution in [3.8, 4) is 0 Å². The van der Waals surface area contributed by atoms with Crippen LogP contribution in [-0.2, 0) is 25.6 Å². The highest BCUT2D eigenvalue weighted by Crippen LogP contribution is 2.32. The Morgan fingerprint density at radius 1 is 1.24 bits per heavy atom. The Labute approximate surface area is 170 Å². The third-order valence-corrected chi connectivity index (χ3v) is 4.44. The lowest BCUT2D eigenvalue weighted by molar-refractivity contribution is -0.157. The molecule has 29 heavy (non-hydrogen) atoms. The van der Waals surface area contributed by atoms with Crippen LogP contribution in [0.5, 0.6) is 0 Å². The van der Waals surface area contributed by atoms with Crippen LogP contribution in [0.1, 0.15) is 32.8 Å². The normalized spacial score (nSPS) is 24.4. The van der Waals surface area contributed by atoms with Crippen molar-refractivity contribution >= 4 is 12.2 Å². The first-order valence-corrected chi connectivity index (χ1v) is 9.74. The van der Waals surface area contributed by atoms with Crippen LogP contribution in [0.2, 0.25) is 0 Å². The summed E-state index contributed by atoms with van der Waals surface area (Å²) in [5.41, 5.74) is 3.08. The van der Waals surface area contributed by atoms with Crippen LogP contribution in [0.15, 0.2) is 30.3 Å². The van der Waals surface area contributed by atoms with Gasteiger partial charge in [0.15, 0.2) is 5.79 Å². The van der Waals surface area contributed by atoms with Crippen LogP contribution in [0.3, 0.4) is 0 Å². The summed E-state index contributed by atoms with van der Waals surface area (Å²) >= 11 is 0. The summed E-state index contributed by atoms with van der Waals surface area (Å²) in [7, 11) is 0. The summed E-state index contributed by atoms with van der Waals surface area (Å²) < 4.78 is 22.3. The first kappa shape index (κ1) is 21.4.